The number of nitrogens with two attached hydrogens (primary N) is 1. The number of amides is 2. The van der Waals surface area contributed by atoms with Gasteiger partial charge in [-0.05, 0) is 24.3 Å². The molecule has 1 aromatic heterocycles. The second kappa shape index (κ2) is 5.45. The SMILES string of the molecule is NC(=O)c1ccccc1NC(=O)c1ccc(Cl)nn1. The third-order valence-electron chi connectivity index (χ3n) is 2.31. The summed E-state index contributed by atoms with van der Waals surface area (Å²) in [6.45, 7) is 0. The van der Waals surface area contributed by atoms with Gasteiger partial charge in [0.05, 0.1) is 11.3 Å². The lowest BCUT2D eigenvalue weighted by Gasteiger charge is -2.07. The van der Waals surface area contributed by atoms with Crippen molar-refractivity contribution in [2.75, 3.05) is 5.32 Å². The van der Waals surface area contributed by atoms with Crippen LogP contribution in [0.2, 0.25) is 5.15 Å². The van der Waals surface area contributed by atoms with Gasteiger partial charge in [0.25, 0.3) is 11.8 Å². The van der Waals surface area contributed by atoms with Gasteiger partial charge in [-0.15, -0.1) is 10.2 Å². The van der Waals surface area contributed by atoms with Gasteiger partial charge in [-0.3, -0.25) is 9.59 Å². The second-order valence-electron chi connectivity index (χ2n) is 3.61. The highest BCUT2D eigenvalue weighted by Crippen LogP contribution is 2.15. The van der Waals surface area contributed by atoms with Crippen LogP contribution >= 0.6 is 11.6 Å². The molecule has 0 aliphatic carbocycles. The number of carbonyl (C=O) groups excluding carboxylic acids is 2. The Morgan fingerprint density at radius 1 is 1.11 bits per heavy atom. The summed E-state index contributed by atoms with van der Waals surface area (Å²) in [5.74, 6) is -1.13. The molecule has 0 aliphatic heterocycles. The molecule has 7 heteroatoms. The van der Waals surface area contributed by atoms with Gasteiger partial charge < -0.3 is 11.1 Å². The molecular formula is C12H9ClN4O2. The van der Waals surface area contributed by atoms with E-state index in [1.54, 1.807) is 18.2 Å². The van der Waals surface area contributed by atoms with Gasteiger partial charge in [0.1, 0.15) is 0 Å². The van der Waals surface area contributed by atoms with Crippen molar-refractivity contribution in [3.8, 4) is 0 Å². The summed E-state index contributed by atoms with van der Waals surface area (Å²) in [6.07, 6.45) is 0. The first-order valence-electron chi connectivity index (χ1n) is 5.27. The second-order valence-corrected chi connectivity index (χ2v) is 3.99. The number of carbonyl (C=O) groups is 2. The standard InChI is InChI=1S/C12H9ClN4O2/c13-10-6-5-9(16-17-10)12(19)15-8-4-2-1-3-7(8)11(14)18/h1-6H,(H2,14,18)(H,15,19). The van der Waals surface area contributed by atoms with Crippen molar-refractivity contribution < 1.29 is 9.59 Å². The summed E-state index contributed by atoms with van der Waals surface area (Å²) >= 11 is 5.58. The fourth-order valence-electron chi connectivity index (χ4n) is 1.43. The average Bonchev–Trinajstić information content (AvgIpc) is 2.39. The van der Waals surface area contributed by atoms with E-state index in [-0.39, 0.29) is 16.4 Å². The van der Waals surface area contributed by atoms with Crippen molar-refractivity contribution in [3.63, 3.8) is 0 Å². The topological polar surface area (TPSA) is 98.0 Å². The minimum atomic E-state index is -0.627. The molecule has 0 bridgehead atoms. The van der Waals surface area contributed by atoms with Gasteiger partial charge in [-0.1, -0.05) is 23.7 Å². The molecule has 2 amide bonds. The number of nitrogens with zero attached hydrogens (tertiary/aromatic N) is 2. The fourth-order valence-corrected chi connectivity index (χ4v) is 1.53. The van der Waals surface area contributed by atoms with Gasteiger partial charge in [0.15, 0.2) is 10.8 Å². The number of aromatic nitrogens is 2. The molecule has 1 aromatic carbocycles. The Morgan fingerprint density at radius 3 is 2.47 bits per heavy atom. The molecule has 0 unspecified atom stereocenters. The Hall–Kier alpha value is -2.47. The summed E-state index contributed by atoms with van der Waals surface area (Å²) in [6, 6.07) is 9.29. The lowest BCUT2D eigenvalue weighted by atomic mass is 10.1. The van der Waals surface area contributed by atoms with Crippen LogP contribution < -0.4 is 11.1 Å². The molecular weight excluding hydrogens is 268 g/mol. The van der Waals surface area contributed by atoms with Crippen LogP contribution in [0.5, 0.6) is 0 Å². The van der Waals surface area contributed by atoms with E-state index in [1.807, 2.05) is 0 Å². The van der Waals surface area contributed by atoms with Gasteiger partial charge in [-0.25, -0.2) is 0 Å². The maximum absolute atomic E-state index is 11.9. The molecule has 0 spiro atoms. The van der Waals surface area contributed by atoms with E-state index in [1.165, 1.54) is 18.2 Å². The maximum Gasteiger partial charge on any atom is 0.276 e. The lowest BCUT2D eigenvalue weighted by Crippen LogP contribution is -2.19. The van der Waals surface area contributed by atoms with E-state index in [2.05, 4.69) is 15.5 Å². The van der Waals surface area contributed by atoms with Gasteiger partial charge in [-0.2, -0.15) is 0 Å². The minimum absolute atomic E-state index is 0.0867. The third kappa shape index (κ3) is 3.05. The van der Waals surface area contributed by atoms with Crippen LogP contribution in [0.25, 0.3) is 0 Å². The molecule has 0 saturated heterocycles. The van der Waals surface area contributed by atoms with Crippen LogP contribution in [0.1, 0.15) is 20.8 Å². The highest BCUT2D eigenvalue weighted by molar-refractivity contribution is 6.29. The molecule has 0 radical (unpaired) electrons. The predicted octanol–water partition coefficient (Wildman–Crippen LogP) is 1.48. The van der Waals surface area contributed by atoms with Crippen LogP contribution in [0.4, 0.5) is 5.69 Å². The summed E-state index contributed by atoms with van der Waals surface area (Å²) in [7, 11) is 0. The molecule has 2 aromatic rings. The molecule has 19 heavy (non-hydrogen) atoms. The van der Waals surface area contributed by atoms with Crippen molar-refractivity contribution in [1.29, 1.82) is 0 Å². The molecule has 2 rings (SSSR count). The zero-order valence-electron chi connectivity index (χ0n) is 9.63. The number of benzene rings is 1. The minimum Gasteiger partial charge on any atom is -0.366 e. The molecule has 0 aliphatic rings. The normalized spacial score (nSPS) is 9.95. The number of nitrogens with one attached hydrogen (secondary N) is 1. The first kappa shape index (κ1) is 13.0. The maximum atomic E-state index is 11.9. The first-order chi connectivity index (χ1) is 9.08. The Kier molecular flexibility index (Phi) is 3.72. The highest BCUT2D eigenvalue weighted by atomic mass is 35.5. The molecule has 0 atom stereocenters. The van der Waals surface area contributed by atoms with E-state index in [0.29, 0.717) is 5.69 Å². The van der Waals surface area contributed by atoms with Crippen LogP contribution in [-0.2, 0) is 0 Å². The van der Waals surface area contributed by atoms with Crippen LogP contribution in [0.15, 0.2) is 36.4 Å². The Morgan fingerprint density at radius 2 is 1.84 bits per heavy atom. The van der Waals surface area contributed by atoms with Crippen LogP contribution in [-0.4, -0.2) is 22.0 Å². The lowest BCUT2D eigenvalue weighted by molar-refractivity contribution is 0.100. The summed E-state index contributed by atoms with van der Waals surface area (Å²) < 4.78 is 0. The number of para-hydroxylation sites is 1. The number of rotatable bonds is 3. The number of primary amides is 1. The van der Waals surface area contributed by atoms with E-state index in [0.717, 1.165) is 0 Å². The Balaban J connectivity index is 2.24. The number of anilines is 1. The number of hydrogen-bond acceptors (Lipinski definition) is 4. The number of halogens is 1. The van der Waals surface area contributed by atoms with E-state index in [9.17, 15) is 9.59 Å². The number of hydrogen-bond donors (Lipinski definition) is 2. The first-order valence-corrected chi connectivity index (χ1v) is 5.65. The molecule has 96 valence electrons. The van der Waals surface area contributed by atoms with Crippen molar-refractivity contribution >= 4 is 29.1 Å². The summed E-state index contributed by atoms with van der Waals surface area (Å²) in [4.78, 5) is 23.1. The summed E-state index contributed by atoms with van der Waals surface area (Å²) in [5.41, 5.74) is 5.84. The molecule has 0 saturated carbocycles. The van der Waals surface area contributed by atoms with Crippen molar-refractivity contribution in [3.05, 3.63) is 52.8 Å². The zero-order valence-corrected chi connectivity index (χ0v) is 10.4. The quantitative estimate of drug-likeness (QED) is 0.887. The molecule has 3 N–H and O–H groups in total. The highest BCUT2D eigenvalue weighted by Gasteiger charge is 2.12. The van der Waals surface area contributed by atoms with Crippen molar-refractivity contribution in [2.24, 2.45) is 5.73 Å². The summed E-state index contributed by atoms with van der Waals surface area (Å²) in [5, 5.41) is 9.93. The van der Waals surface area contributed by atoms with Gasteiger partial charge >= 0.3 is 0 Å². The van der Waals surface area contributed by atoms with Gasteiger partial charge in [0, 0.05) is 0 Å². The average molecular weight is 277 g/mol. The van der Waals surface area contributed by atoms with E-state index >= 15 is 0 Å². The monoisotopic (exact) mass is 276 g/mol. The molecule has 1 heterocycles. The zero-order chi connectivity index (χ0) is 13.8. The fraction of sp³-hybridized carbons (Fsp3) is 0. The van der Waals surface area contributed by atoms with Crippen LogP contribution in [0.3, 0.4) is 0 Å². The Bertz CT molecular complexity index is 628. The molecule has 0 fully saturated rings. The van der Waals surface area contributed by atoms with E-state index < -0.39 is 11.8 Å². The molecule has 6 nitrogen and oxygen atoms in total. The largest absolute Gasteiger partial charge is 0.366 e. The Labute approximate surface area is 113 Å². The predicted molar refractivity (Wildman–Crippen MR) is 70.0 cm³/mol. The van der Waals surface area contributed by atoms with Crippen molar-refractivity contribution in [2.45, 2.75) is 0 Å². The van der Waals surface area contributed by atoms with Gasteiger partial charge in [0.2, 0.25) is 0 Å². The third-order valence-corrected chi connectivity index (χ3v) is 2.51. The van der Waals surface area contributed by atoms with Crippen LogP contribution in [0, 0.1) is 0 Å². The van der Waals surface area contributed by atoms with E-state index in [4.69, 9.17) is 17.3 Å². The smallest absolute Gasteiger partial charge is 0.276 e. The van der Waals surface area contributed by atoms with Crippen molar-refractivity contribution in [1.82, 2.24) is 10.2 Å².